The summed E-state index contributed by atoms with van der Waals surface area (Å²) in [6, 6.07) is -2.17. The number of nitrogens with one attached hydrogen (secondary N) is 3. The summed E-state index contributed by atoms with van der Waals surface area (Å²) in [4.78, 5) is 83.5. The molecule has 1 fully saturated rings. The minimum absolute atomic E-state index is 0.0377. The highest BCUT2D eigenvalue weighted by Crippen LogP contribution is 2.26. The highest BCUT2D eigenvalue weighted by atomic mass is 32.2. The van der Waals surface area contributed by atoms with E-state index in [1.807, 2.05) is 13.8 Å². The van der Waals surface area contributed by atoms with Gasteiger partial charge in [-0.25, -0.2) is 4.79 Å². The lowest BCUT2D eigenvalue weighted by Gasteiger charge is -2.16. The first kappa shape index (κ1) is 44.7. The number of hydrogen-bond donors (Lipinski definition) is 6. The van der Waals surface area contributed by atoms with Gasteiger partial charge in [-0.1, -0.05) is 13.8 Å². The number of hydrogen-bond acceptors (Lipinski definition) is 13. The van der Waals surface area contributed by atoms with Gasteiger partial charge in [0.2, 0.25) is 29.5 Å². The molecule has 19 heteroatoms. The third-order valence-electron chi connectivity index (χ3n) is 7.32. The summed E-state index contributed by atoms with van der Waals surface area (Å²) < 4.78 is 21.5. The number of nitrogens with two attached hydrogens (primary N) is 1. The first-order chi connectivity index (χ1) is 23.8. The zero-order valence-electron chi connectivity index (χ0n) is 28.9. The molecule has 286 valence electrons. The maximum absolute atomic E-state index is 12.3. The monoisotopic (exact) mass is 735 g/mol. The molecule has 0 aromatic heterocycles. The maximum Gasteiger partial charge on any atom is 0.326 e. The number of aliphatic carboxylic acids is 2. The molecule has 18 nitrogen and oxygen atoms in total. The zero-order valence-corrected chi connectivity index (χ0v) is 29.7. The Kier molecular flexibility index (Phi) is 23.6. The van der Waals surface area contributed by atoms with Crippen LogP contribution in [-0.2, 0) is 52.5 Å². The summed E-state index contributed by atoms with van der Waals surface area (Å²) in [7, 11) is 0. The number of amides is 5. The predicted molar refractivity (Wildman–Crippen MR) is 180 cm³/mol. The van der Waals surface area contributed by atoms with Gasteiger partial charge >= 0.3 is 11.9 Å². The van der Waals surface area contributed by atoms with Gasteiger partial charge in [-0.3, -0.25) is 33.7 Å². The van der Waals surface area contributed by atoms with Gasteiger partial charge in [0, 0.05) is 44.8 Å². The number of carbonyl (C=O) groups is 7. The van der Waals surface area contributed by atoms with Crippen LogP contribution in [0.4, 0.5) is 0 Å². The Hall–Kier alpha value is -3.36. The molecular weight excluding hydrogens is 682 g/mol. The van der Waals surface area contributed by atoms with Crippen molar-refractivity contribution in [3.63, 3.8) is 0 Å². The highest BCUT2D eigenvalue weighted by molar-refractivity contribution is 7.99. The summed E-state index contributed by atoms with van der Waals surface area (Å²) in [5.74, 6) is -3.74. The summed E-state index contributed by atoms with van der Waals surface area (Å²) in [5, 5.41) is 25.8. The van der Waals surface area contributed by atoms with Gasteiger partial charge in [0.05, 0.1) is 58.6 Å². The van der Waals surface area contributed by atoms with Gasteiger partial charge in [-0.15, -0.1) is 0 Å². The Morgan fingerprint density at radius 3 is 1.94 bits per heavy atom. The minimum atomic E-state index is -1.19. The maximum atomic E-state index is 12.3. The summed E-state index contributed by atoms with van der Waals surface area (Å²) in [6.07, 6.45) is 0.406. The first-order valence-electron chi connectivity index (χ1n) is 16.6. The van der Waals surface area contributed by atoms with Crippen LogP contribution in [0.5, 0.6) is 0 Å². The van der Waals surface area contributed by atoms with E-state index in [2.05, 4.69) is 16.0 Å². The Labute approximate surface area is 296 Å². The smallest absolute Gasteiger partial charge is 0.326 e. The summed E-state index contributed by atoms with van der Waals surface area (Å²) in [5.41, 5.74) is 5.36. The number of ether oxygens (including phenoxy) is 4. The fourth-order valence-electron chi connectivity index (χ4n) is 4.39. The Morgan fingerprint density at radius 1 is 0.800 bits per heavy atom. The van der Waals surface area contributed by atoms with Crippen molar-refractivity contribution < 1.29 is 62.7 Å². The van der Waals surface area contributed by atoms with Crippen LogP contribution in [0.25, 0.3) is 0 Å². The predicted octanol–water partition coefficient (Wildman–Crippen LogP) is -1.41. The normalized spacial score (nSPS) is 15.6. The third-order valence-corrected chi connectivity index (χ3v) is 8.31. The molecule has 1 aliphatic rings. The fraction of sp³-hybridized carbons (Fsp3) is 0.774. The first-order valence-corrected chi connectivity index (χ1v) is 17.8. The molecule has 5 amide bonds. The molecule has 0 aromatic carbocycles. The van der Waals surface area contributed by atoms with E-state index in [1.165, 1.54) is 16.7 Å². The van der Waals surface area contributed by atoms with E-state index in [1.54, 1.807) is 0 Å². The highest BCUT2D eigenvalue weighted by Gasteiger charge is 2.39. The molecule has 50 heavy (non-hydrogen) atoms. The van der Waals surface area contributed by atoms with Gasteiger partial charge < -0.3 is 50.8 Å². The molecule has 0 aromatic rings. The number of imide groups is 1. The topological polar surface area (TPSA) is 262 Å². The molecule has 0 radical (unpaired) electrons. The molecule has 0 saturated carbocycles. The van der Waals surface area contributed by atoms with Crippen LogP contribution in [0.2, 0.25) is 0 Å². The molecule has 0 spiro atoms. The van der Waals surface area contributed by atoms with Crippen molar-refractivity contribution in [3.8, 4) is 0 Å². The van der Waals surface area contributed by atoms with Crippen molar-refractivity contribution in [2.45, 2.75) is 58.0 Å². The van der Waals surface area contributed by atoms with Crippen molar-refractivity contribution in [1.29, 1.82) is 0 Å². The Morgan fingerprint density at radius 2 is 1.38 bits per heavy atom. The van der Waals surface area contributed by atoms with Crippen LogP contribution in [-0.4, -0.2) is 153 Å². The number of carboxylic acids is 2. The van der Waals surface area contributed by atoms with Crippen LogP contribution < -0.4 is 21.7 Å². The third kappa shape index (κ3) is 20.3. The van der Waals surface area contributed by atoms with E-state index in [0.29, 0.717) is 38.7 Å². The van der Waals surface area contributed by atoms with E-state index in [4.69, 9.17) is 29.8 Å². The van der Waals surface area contributed by atoms with Crippen molar-refractivity contribution >= 4 is 53.2 Å². The van der Waals surface area contributed by atoms with Crippen molar-refractivity contribution in [3.05, 3.63) is 0 Å². The van der Waals surface area contributed by atoms with Gasteiger partial charge in [-0.2, -0.15) is 11.8 Å². The number of carbonyl (C=O) groups excluding carboxylic acids is 5. The second-order valence-electron chi connectivity index (χ2n) is 11.6. The number of rotatable bonds is 30. The summed E-state index contributed by atoms with van der Waals surface area (Å²) >= 11 is 1.19. The van der Waals surface area contributed by atoms with Gasteiger partial charge in [0.25, 0.3) is 0 Å². The number of carboxylic acid groups (broad SMARTS) is 2. The molecule has 1 heterocycles. The lowest BCUT2D eigenvalue weighted by atomic mass is 9.94. The minimum Gasteiger partial charge on any atom is -0.480 e. The number of likely N-dealkylation sites (tertiary alicyclic amines) is 1. The zero-order chi connectivity index (χ0) is 37.3. The van der Waals surface area contributed by atoms with Gasteiger partial charge in [0.15, 0.2) is 0 Å². The van der Waals surface area contributed by atoms with E-state index < -0.39 is 29.9 Å². The average molecular weight is 736 g/mol. The fourth-order valence-corrected chi connectivity index (χ4v) is 5.22. The van der Waals surface area contributed by atoms with E-state index >= 15 is 0 Å². The van der Waals surface area contributed by atoms with Crippen molar-refractivity contribution in [2.24, 2.45) is 17.6 Å². The number of thioether (sulfide) groups is 1. The second kappa shape index (κ2) is 26.4. The molecule has 1 aliphatic heterocycles. The van der Waals surface area contributed by atoms with Crippen LogP contribution in [0.1, 0.15) is 46.0 Å². The number of nitrogens with zero attached hydrogens (tertiary/aromatic N) is 1. The van der Waals surface area contributed by atoms with Crippen molar-refractivity contribution in [1.82, 2.24) is 20.9 Å². The SMILES string of the molecule is CC(C)C1CC(=O)N(CCC(=O)NCCOCCOCCOCCOCCC(=O)NC(CCSCC(=O)NCC[C@H](N)C(=O)O)C(=O)O)C1=O. The van der Waals surface area contributed by atoms with E-state index in [9.17, 15) is 38.7 Å². The second-order valence-corrected chi connectivity index (χ2v) is 12.7. The molecule has 2 unspecified atom stereocenters. The van der Waals surface area contributed by atoms with Crippen LogP contribution >= 0.6 is 11.8 Å². The average Bonchev–Trinajstić information content (AvgIpc) is 3.35. The Bertz CT molecular complexity index is 1100. The summed E-state index contributed by atoms with van der Waals surface area (Å²) in [6.45, 7) is 6.44. The lowest BCUT2D eigenvalue weighted by molar-refractivity contribution is -0.142. The van der Waals surface area contributed by atoms with Crippen LogP contribution in [0.15, 0.2) is 0 Å². The molecule has 7 N–H and O–H groups in total. The molecule has 0 bridgehead atoms. The largest absolute Gasteiger partial charge is 0.480 e. The standard InChI is InChI=1S/C31H53N5O13S/c1-21(2)22-19-28(40)36(29(22)41)9-4-25(37)34-8-11-47-13-15-49-17-16-48-14-12-46-10-5-26(38)35-24(31(44)45)6-18-50-20-27(39)33-7-3-23(32)30(42)43/h21-24H,3-20,32H2,1-2H3,(H,33,39)(H,34,37)(H,35,38)(H,42,43)(H,44,45)/t22?,23-,24?/m0/s1. The Balaban J connectivity index is 1.95. The van der Waals surface area contributed by atoms with E-state index in [-0.39, 0.29) is 113 Å². The quantitative estimate of drug-likeness (QED) is 0.0366. The molecule has 1 rings (SSSR count). The lowest BCUT2D eigenvalue weighted by Crippen LogP contribution is -2.41. The molecular formula is C31H53N5O13S. The van der Waals surface area contributed by atoms with Gasteiger partial charge in [-0.05, 0) is 24.5 Å². The molecule has 0 aliphatic carbocycles. The van der Waals surface area contributed by atoms with E-state index in [0.717, 1.165) is 0 Å². The van der Waals surface area contributed by atoms with Crippen LogP contribution in [0, 0.1) is 11.8 Å². The van der Waals surface area contributed by atoms with Crippen LogP contribution in [0.3, 0.4) is 0 Å². The molecule has 3 atom stereocenters. The molecule has 1 saturated heterocycles. The van der Waals surface area contributed by atoms with Crippen molar-refractivity contribution in [2.75, 3.05) is 84.0 Å². The van der Waals surface area contributed by atoms with Gasteiger partial charge in [0.1, 0.15) is 12.1 Å².